The lowest BCUT2D eigenvalue weighted by molar-refractivity contribution is 0.0474. The summed E-state index contributed by atoms with van der Waals surface area (Å²) in [4.78, 5) is 24.7. The van der Waals surface area contributed by atoms with Crippen molar-refractivity contribution >= 4 is 23.4 Å². The van der Waals surface area contributed by atoms with Gasteiger partial charge in [-0.1, -0.05) is 54.1 Å². The van der Waals surface area contributed by atoms with Gasteiger partial charge in [-0.15, -0.1) is 0 Å². The van der Waals surface area contributed by atoms with Crippen molar-refractivity contribution in [1.29, 1.82) is 0 Å². The summed E-state index contributed by atoms with van der Waals surface area (Å²) >= 11 is 5.99. The SMILES string of the molecule is Cc1cc(C(=O)COC(=O)c2ccccc2Cl)c(C)n1Cc1ccccc1. The van der Waals surface area contributed by atoms with Gasteiger partial charge >= 0.3 is 5.97 Å². The number of esters is 1. The van der Waals surface area contributed by atoms with Crippen LogP contribution in [0.2, 0.25) is 5.02 Å². The Bertz CT molecular complexity index is 976. The highest BCUT2D eigenvalue weighted by Gasteiger charge is 2.19. The number of carbonyl (C=O) groups is 2. The summed E-state index contributed by atoms with van der Waals surface area (Å²) in [6.45, 7) is 4.23. The molecular weight excluding hydrogens is 362 g/mol. The molecule has 3 aromatic rings. The van der Waals surface area contributed by atoms with Crippen molar-refractivity contribution in [2.75, 3.05) is 6.61 Å². The second-order valence-electron chi connectivity index (χ2n) is 6.34. The lowest BCUT2D eigenvalue weighted by Crippen LogP contribution is -2.15. The topological polar surface area (TPSA) is 48.3 Å². The lowest BCUT2D eigenvalue weighted by Gasteiger charge is -2.10. The van der Waals surface area contributed by atoms with Crippen molar-refractivity contribution in [2.45, 2.75) is 20.4 Å². The van der Waals surface area contributed by atoms with Crippen LogP contribution in [0, 0.1) is 13.8 Å². The Hall–Kier alpha value is -2.85. The number of rotatable bonds is 6. The molecule has 138 valence electrons. The van der Waals surface area contributed by atoms with Crippen LogP contribution in [0.1, 0.15) is 37.7 Å². The third-order valence-corrected chi connectivity index (χ3v) is 4.82. The van der Waals surface area contributed by atoms with E-state index >= 15 is 0 Å². The first-order valence-electron chi connectivity index (χ1n) is 8.63. The third-order valence-electron chi connectivity index (χ3n) is 4.49. The molecule has 0 spiro atoms. The number of benzene rings is 2. The first kappa shape index (κ1) is 18.9. The van der Waals surface area contributed by atoms with E-state index in [1.807, 2.05) is 50.2 Å². The molecular formula is C22H20ClNO3. The van der Waals surface area contributed by atoms with Gasteiger partial charge in [-0.25, -0.2) is 4.79 Å². The number of carbonyl (C=O) groups excluding carboxylic acids is 2. The second kappa shape index (κ2) is 8.23. The van der Waals surface area contributed by atoms with Gasteiger partial charge in [-0.05, 0) is 37.6 Å². The van der Waals surface area contributed by atoms with Crippen molar-refractivity contribution in [1.82, 2.24) is 4.57 Å². The molecule has 0 amide bonds. The average Bonchev–Trinajstić information content (AvgIpc) is 2.95. The Morgan fingerprint density at radius 3 is 2.33 bits per heavy atom. The molecule has 0 bridgehead atoms. The molecule has 0 unspecified atom stereocenters. The third kappa shape index (κ3) is 4.29. The van der Waals surface area contributed by atoms with Gasteiger partial charge in [-0.2, -0.15) is 0 Å². The first-order chi connectivity index (χ1) is 13.0. The summed E-state index contributed by atoms with van der Waals surface area (Å²) in [6.07, 6.45) is 0. The van der Waals surface area contributed by atoms with Gasteiger partial charge in [0.1, 0.15) is 0 Å². The molecule has 3 rings (SSSR count). The van der Waals surface area contributed by atoms with Crippen LogP contribution < -0.4 is 0 Å². The highest BCUT2D eigenvalue weighted by Crippen LogP contribution is 2.19. The number of nitrogens with zero attached hydrogens (tertiary/aromatic N) is 1. The molecule has 0 aliphatic heterocycles. The van der Waals surface area contributed by atoms with E-state index in [4.69, 9.17) is 16.3 Å². The fourth-order valence-corrected chi connectivity index (χ4v) is 3.22. The van der Waals surface area contributed by atoms with Crippen molar-refractivity contribution in [3.05, 3.63) is 93.8 Å². The average molecular weight is 382 g/mol. The number of hydrogen-bond acceptors (Lipinski definition) is 3. The standard InChI is InChI=1S/C22H20ClNO3/c1-15-12-19(16(2)24(15)13-17-8-4-3-5-9-17)21(25)14-27-22(26)18-10-6-7-11-20(18)23/h3-12H,13-14H2,1-2H3. The summed E-state index contributed by atoms with van der Waals surface area (Å²) in [5.41, 5.74) is 3.81. The molecule has 2 aromatic carbocycles. The van der Waals surface area contributed by atoms with Gasteiger partial charge in [0.15, 0.2) is 6.61 Å². The number of ether oxygens (including phenoxy) is 1. The molecule has 27 heavy (non-hydrogen) atoms. The van der Waals surface area contributed by atoms with Crippen LogP contribution in [0.4, 0.5) is 0 Å². The van der Waals surface area contributed by atoms with Crippen LogP contribution in [-0.2, 0) is 11.3 Å². The first-order valence-corrected chi connectivity index (χ1v) is 9.00. The molecule has 0 fully saturated rings. The zero-order chi connectivity index (χ0) is 19.4. The van der Waals surface area contributed by atoms with Gasteiger partial charge in [0, 0.05) is 23.5 Å². The lowest BCUT2D eigenvalue weighted by atomic mass is 10.1. The van der Waals surface area contributed by atoms with E-state index in [1.54, 1.807) is 24.3 Å². The smallest absolute Gasteiger partial charge is 0.340 e. The number of ketones is 1. The van der Waals surface area contributed by atoms with E-state index in [9.17, 15) is 9.59 Å². The van der Waals surface area contributed by atoms with Crippen LogP contribution in [0.15, 0.2) is 60.7 Å². The number of hydrogen-bond donors (Lipinski definition) is 0. The van der Waals surface area contributed by atoms with Crippen LogP contribution in [0.3, 0.4) is 0 Å². The molecule has 4 nitrogen and oxygen atoms in total. The number of aromatic nitrogens is 1. The zero-order valence-corrected chi connectivity index (χ0v) is 16.0. The normalized spacial score (nSPS) is 10.6. The van der Waals surface area contributed by atoms with E-state index in [2.05, 4.69) is 4.57 Å². The predicted molar refractivity (Wildman–Crippen MR) is 106 cm³/mol. The van der Waals surface area contributed by atoms with Gasteiger partial charge in [-0.3, -0.25) is 4.79 Å². The minimum Gasteiger partial charge on any atom is -0.454 e. The maximum Gasteiger partial charge on any atom is 0.340 e. The van der Waals surface area contributed by atoms with Crippen molar-refractivity contribution in [3.63, 3.8) is 0 Å². The molecule has 1 aromatic heterocycles. The number of aryl methyl sites for hydroxylation is 1. The van der Waals surface area contributed by atoms with Crippen LogP contribution in [0.25, 0.3) is 0 Å². The predicted octanol–water partition coefficient (Wildman–Crippen LogP) is 4.85. The summed E-state index contributed by atoms with van der Waals surface area (Å²) in [6, 6.07) is 18.5. The Morgan fingerprint density at radius 2 is 1.63 bits per heavy atom. The molecule has 0 radical (unpaired) electrons. The molecule has 0 saturated carbocycles. The minimum atomic E-state index is -0.605. The minimum absolute atomic E-state index is 0.234. The van der Waals surface area contributed by atoms with Gasteiger partial charge < -0.3 is 9.30 Å². The van der Waals surface area contributed by atoms with Gasteiger partial charge in [0.2, 0.25) is 5.78 Å². The fraction of sp³-hybridized carbons (Fsp3) is 0.182. The number of halogens is 1. The largest absolute Gasteiger partial charge is 0.454 e. The summed E-state index contributed by atoms with van der Waals surface area (Å²) < 4.78 is 7.25. The molecule has 0 aliphatic rings. The summed E-state index contributed by atoms with van der Waals surface area (Å²) in [5.74, 6) is -0.838. The number of Topliss-reactive ketones (excluding diaryl/α,β-unsaturated/α-hetero) is 1. The Labute approximate surface area is 163 Å². The molecule has 0 aliphatic carbocycles. The molecule has 5 heteroatoms. The quantitative estimate of drug-likeness (QED) is 0.453. The highest BCUT2D eigenvalue weighted by molar-refractivity contribution is 6.33. The van der Waals surface area contributed by atoms with Crippen LogP contribution in [-0.4, -0.2) is 22.9 Å². The summed E-state index contributed by atoms with van der Waals surface area (Å²) in [5, 5.41) is 0.302. The van der Waals surface area contributed by atoms with Gasteiger partial charge in [0.05, 0.1) is 10.6 Å². The molecule has 0 atom stereocenters. The summed E-state index contributed by atoms with van der Waals surface area (Å²) in [7, 11) is 0. The Kier molecular flexibility index (Phi) is 5.77. The van der Waals surface area contributed by atoms with Crippen molar-refractivity contribution < 1.29 is 14.3 Å². The molecule has 1 heterocycles. The second-order valence-corrected chi connectivity index (χ2v) is 6.74. The fourth-order valence-electron chi connectivity index (χ4n) is 3.01. The van der Waals surface area contributed by atoms with E-state index in [0.717, 1.165) is 17.0 Å². The maximum absolute atomic E-state index is 12.6. The zero-order valence-electron chi connectivity index (χ0n) is 15.2. The highest BCUT2D eigenvalue weighted by atomic mass is 35.5. The van der Waals surface area contributed by atoms with E-state index in [1.165, 1.54) is 0 Å². The van der Waals surface area contributed by atoms with Crippen molar-refractivity contribution in [2.24, 2.45) is 0 Å². The Morgan fingerprint density at radius 1 is 0.963 bits per heavy atom. The maximum atomic E-state index is 12.6. The van der Waals surface area contributed by atoms with E-state index in [-0.39, 0.29) is 18.0 Å². The monoisotopic (exact) mass is 381 g/mol. The molecule has 0 N–H and O–H groups in total. The Balaban J connectivity index is 1.71. The molecule has 0 saturated heterocycles. The van der Waals surface area contributed by atoms with E-state index in [0.29, 0.717) is 17.1 Å². The van der Waals surface area contributed by atoms with Crippen LogP contribution in [0.5, 0.6) is 0 Å². The van der Waals surface area contributed by atoms with Gasteiger partial charge in [0.25, 0.3) is 0 Å². The van der Waals surface area contributed by atoms with Crippen molar-refractivity contribution in [3.8, 4) is 0 Å². The van der Waals surface area contributed by atoms with E-state index < -0.39 is 5.97 Å². The van der Waals surface area contributed by atoms with Crippen LogP contribution >= 0.6 is 11.6 Å².